The quantitative estimate of drug-likeness (QED) is 0.819. The lowest BCUT2D eigenvalue weighted by atomic mass is 9.97. The Morgan fingerprint density at radius 3 is 3.09 bits per heavy atom. The number of thiophene rings is 1. The van der Waals surface area contributed by atoms with Gasteiger partial charge in [0.1, 0.15) is 0 Å². The molecule has 1 aliphatic rings. The molecule has 22 heavy (non-hydrogen) atoms. The van der Waals surface area contributed by atoms with Crippen LogP contribution in [-0.2, 0) is 9.59 Å². The highest BCUT2D eigenvalue weighted by Gasteiger charge is 2.22. The zero-order chi connectivity index (χ0) is 15.8. The maximum atomic E-state index is 12.2. The summed E-state index contributed by atoms with van der Waals surface area (Å²) in [7, 11) is 0. The van der Waals surface area contributed by atoms with Crippen molar-refractivity contribution in [3.63, 3.8) is 0 Å². The van der Waals surface area contributed by atoms with E-state index in [1.54, 1.807) is 17.4 Å². The molecule has 2 rings (SSSR count). The van der Waals surface area contributed by atoms with Crippen LogP contribution >= 0.6 is 11.3 Å². The van der Waals surface area contributed by atoms with E-state index in [2.05, 4.69) is 5.32 Å². The van der Waals surface area contributed by atoms with E-state index in [0.717, 1.165) is 37.9 Å². The number of amides is 2. The van der Waals surface area contributed by atoms with Crippen molar-refractivity contribution < 1.29 is 9.59 Å². The Bertz CT molecular complexity index is 511. The second-order valence-corrected chi connectivity index (χ2v) is 6.52. The summed E-state index contributed by atoms with van der Waals surface area (Å²) in [6, 6.07) is 2.00. The molecule has 120 valence electrons. The van der Waals surface area contributed by atoms with Gasteiger partial charge in [-0.15, -0.1) is 0 Å². The van der Waals surface area contributed by atoms with E-state index in [1.807, 2.05) is 34.7 Å². The van der Waals surface area contributed by atoms with Crippen LogP contribution in [0.15, 0.2) is 22.9 Å². The Kier molecular flexibility index (Phi) is 6.65. The van der Waals surface area contributed by atoms with Crippen molar-refractivity contribution >= 4 is 29.2 Å². The molecule has 2 amide bonds. The molecule has 0 radical (unpaired) electrons. The Morgan fingerprint density at radius 2 is 2.36 bits per heavy atom. The summed E-state index contributed by atoms with van der Waals surface area (Å²) in [5, 5.41) is 6.99. The molecule has 4 nitrogen and oxygen atoms in total. The number of likely N-dealkylation sites (tertiary alicyclic amines) is 1. The molecule has 1 aromatic rings. The number of piperidine rings is 1. The molecule has 1 unspecified atom stereocenters. The average Bonchev–Trinajstić information content (AvgIpc) is 3.04. The SMILES string of the molecule is CCCC(=O)NCC1CCCN(C(=O)/C=C/c2ccsc2)C1. The molecule has 1 saturated heterocycles. The van der Waals surface area contributed by atoms with E-state index in [4.69, 9.17) is 0 Å². The second-order valence-electron chi connectivity index (χ2n) is 5.74. The summed E-state index contributed by atoms with van der Waals surface area (Å²) in [5.41, 5.74) is 1.07. The van der Waals surface area contributed by atoms with Gasteiger partial charge in [-0.2, -0.15) is 11.3 Å². The zero-order valence-electron chi connectivity index (χ0n) is 13.1. The van der Waals surface area contributed by atoms with Crippen LogP contribution in [0.4, 0.5) is 0 Å². The van der Waals surface area contributed by atoms with Crippen molar-refractivity contribution in [2.75, 3.05) is 19.6 Å². The summed E-state index contributed by atoms with van der Waals surface area (Å²) >= 11 is 1.62. The molecule has 1 atom stereocenters. The van der Waals surface area contributed by atoms with Gasteiger partial charge in [0, 0.05) is 32.1 Å². The standard InChI is InChI=1S/C17H24N2O2S/c1-2-4-16(20)18-11-15-5-3-9-19(12-15)17(21)7-6-14-8-10-22-13-14/h6-8,10,13,15H,2-5,9,11-12H2,1H3,(H,18,20)/b7-6+. The molecule has 5 heteroatoms. The van der Waals surface area contributed by atoms with Crippen LogP contribution in [0.25, 0.3) is 6.08 Å². The molecule has 1 aliphatic heterocycles. The number of carbonyl (C=O) groups is 2. The predicted molar refractivity (Wildman–Crippen MR) is 90.6 cm³/mol. The van der Waals surface area contributed by atoms with Gasteiger partial charge >= 0.3 is 0 Å². The first-order valence-electron chi connectivity index (χ1n) is 7.95. The highest BCUT2D eigenvalue weighted by molar-refractivity contribution is 7.08. The van der Waals surface area contributed by atoms with Gasteiger partial charge in [-0.3, -0.25) is 9.59 Å². The van der Waals surface area contributed by atoms with Gasteiger partial charge < -0.3 is 10.2 Å². The third-order valence-corrected chi connectivity index (χ3v) is 4.56. The molecule has 0 bridgehead atoms. The maximum Gasteiger partial charge on any atom is 0.246 e. The van der Waals surface area contributed by atoms with Crippen molar-refractivity contribution in [2.24, 2.45) is 5.92 Å². The van der Waals surface area contributed by atoms with Crippen LogP contribution in [0, 0.1) is 5.92 Å². The Morgan fingerprint density at radius 1 is 1.50 bits per heavy atom. The number of hydrogen-bond donors (Lipinski definition) is 1. The van der Waals surface area contributed by atoms with Gasteiger partial charge in [0.25, 0.3) is 0 Å². The van der Waals surface area contributed by atoms with Crippen LogP contribution in [0.3, 0.4) is 0 Å². The van der Waals surface area contributed by atoms with Crippen molar-refractivity contribution in [3.05, 3.63) is 28.5 Å². The highest BCUT2D eigenvalue weighted by Crippen LogP contribution is 2.17. The van der Waals surface area contributed by atoms with Crippen molar-refractivity contribution in [1.82, 2.24) is 10.2 Å². The van der Waals surface area contributed by atoms with Gasteiger partial charge in [-0.1, -0.05) is 6.92 Å². The van der Waals surface area contributed by atoms with E-state index < -0.39 is 0 Å². The first kappa shape index (κ1) is 16.7. The summed E-state index contributed by atoms with van der Waals surface area (Å²) < 4.78 is 0. The van der Waals surface area contributed by atoms with Crippen LogP contribution in [0.5, 0.6) is 0 Å². The highest BCUT2D eigenvalue weighted by atomic mass is 32.1. The van der Waals surface area contributed by atoms with Gasteiger partial charge in [0.15, 0.2) is 0 Å². The Labute approximate surface area is 136 Å². The minimum absolute atomic E-state index is 0.0655. The fourth-order valence-corrected chi connectivity index (χ4v) is 3.28. The van der Waals surface area contributed by atoms with Gasteiger partial charge in [0.05, 0.1) is 0 Å². The smallest absolute Gasteiger partial charge is 0.246 e. The lowest BCUT2D eigenvalue weighted by molar-refractivity contribution is -0.127. The average molecular weight is 320 g/mol. The molecule has 1 aromatic heterocycles. The second kappa shape index (κ2) is 8.73. The summed E-state index contributed by atoms with van der Waals surface area (Å²) in [5.74, 6) is 0.548. The van der Waals surface area contributed by atoms with E-state index in [0.29, 0.717) is 18.9 Å². The Hall–Kier alpha value is -1.62. The van der Waals surface area contributed by atoms with Crippen molar-refractivity contribution in [2.45, 2.75) is 32.6 Å². The van der Waals surface area contributed by atoms with Gasteiger partial charge in [0.2, 0.25) is 11.8 Å². The van der Waals surface area contributed by atoms with E-state index in [9.17, 15) is 9.59 Å². The molecule has 0 spiro atoms. The van der Waals surface area contributed by atoms with Gasteiger partial charge in [-0.05, 0) is 53.6 Å². The minimum Gasteiger partial charge on any atom is -0.356 e. The van der Waals surface area contributed by atoms with Crippen LogP contribution in [-0.4, -0.2) is 36.3 Å². The maximum absolute atomic E-state index is 12.2. The molecule has 1 fully saturated rings. The largest absolute Gasteiger partial charge is 0.356 e. The number of nitrogens with zero attached hydrogens (tertiary/aromatic N) is 1. The molecule has 0 aromatic carbocycles. The van der Waals surface area contributed by atoms with Crippen LogP contribution in [0.2, 0.25) is 0 Å². The third-order valence-electron chi connectivity index (χ3n) is 3.86. The summed E-state index contributed by atoms with van der Waals surface area (Å²) in [4.78, 5) is 25.7. The van der Waals surface area contributed by atoms with Crippen molar-refractivity contribution in [3.8, 4) is 0 Å². The number of hydrogen-bond acceptors (Lipinski definition) is 3. The van der Waals surface area contributed by atoms with Gasteiger partial charge in [-0.25, -0.2) is 0 Å². The first-order valence-corrected chi connectivity index (χ1v) is 8.89. The number of carbonyl (C=O) groups excluding carboxylic acids is 2. The monoisotopic (exact) mass is 320 g/mol. The van der Waals surface area contributed by atoms with Crippen LogP contribution < -0.4 is 5.32 Å². The zero-order valence-corrected chi connectivity index (χ0v) is 13.9. The lowest BCUT2D eigenvalue weighted by Crippen LogP contribution is -2.43. The minimum atomic E-state index is 0.0655. The molecule has 0 saturated carbocycles. The molecule has 0 aliphatic carbocycles. The molecule has 1 N–H and O–H groups in total. The van der Waals surface area contributed by atoms with E-state index in [1.165, 1.54) is 0 Å². The summed E-state index contributed by atoms with van der Waals surface area (Å²) in [6.45, 7) is 4.22. The fourth-order valence-electron chi connectivity index (χ4n) is 2.65. The van der Waals surface area contributed by atoms with Crippen molar-refractivity contribution in [1.29, 1.82) is 0 Å². The Balaban J connectivity index is 1.79. The summed E-state index contributed by atoms with van der Waals surface area (Å²) in [6.07, 6.45) is 7.05. The molecular weight excluding hydrogens is 296 g/mol. The third kappa shape index (κ3) is 5.30. The predicted octanol–water partition coefficient (Wildman–Crippen LogP) is 2.92. The molecular formula is C17H24N2O2S. The first-order chi connectivity index (χ1) is 10.7. The molecule has 2 heterocycles. The van der Waals surface area contributed by atoms with E-state index >= 15 is 0 Å². The fraction of sp³-hybridized carbons (Fsp3) is 0.529. The number of nitrogens with one attached hydrogen (secondary N) is 1. The normalized spacial score (nSPS) is 18.6. The van der Waals surface area contributed by atoms with E-state index in [-0.39, 0.29) is 11.8 Å². The topological polar surface area (TPSA) is 49.4 Å². The van der Waals surface area contributed by atoms with Crippen LogP contribution in [0.1, 0.15) is 38.2 Å². The number of rotatable bonds is 6. The lowest BCUT2D eigenvalue weighted by Gasteiger charge is -2.32.